The minimum absolute atomic E-state index is 0.126. The number of carbonyl (C=O) groups excluding carboxylic acids is 1. The highest BCUT2D eigenvalue weighted by molar-refractivity contribution is 6.37. The van der Waals surface area contributed by atoms with Crippen molar-refractivity contribution >= 4 is 29.1 Å². The molecule has 0 aliphatic carbocycles. The van der Waals surface area contributed by atoms with Gasteiger partial charge in [0.2, 0.25) is 0 Å². The van der Waals surface area contributed by atoms with E-state index in [2.05, 4.69) is 0 Å². The largest absolute Gasteiger partial charge is 0.491 e. The van der Waals surface area contributed by atoms with Gasteiger partial charge in [0.05, 0.1) is 16.7 Å². The Morgan fingerprint density at radius 3 is 2.50 bits per heavy atom. The van der Waals surface area contributed by atoms with Crippen molar-refractivity contribution < 1.29 is 9.53 Å². The summed E-state index contributed by atoms with van der Waals surface area (Å²) in [5, 5.41) is 0.565. The second kappa shape index (κ2) is 4.53. The van der Waals surface area contributed by atoms with E-state index in [0.717, 1.165) is 0 Å². The fraction of sp³-hybridized carbons (Fsp3) is 0.222. The minimum atomic E-state index is -0.652. The van der Waals surface area contributed by atoms with Crippen molar-refractivity contribution in [3.63, 3.8) is 0 Å². The number of rotatable bonds is 3. The Morgan fingerprint density at radius 2 is 2.00 bits per heavy atom. The highest BCUT2D eigenvalue weighted by Crippen LogP contribution is 2.33. The summed E-state index contributed by atoms with van der Waals surface area (Å²) in [7, 11) is 0. The lowest BCUT2D eigenvalue weighted by Crippen LogP contribution is -2.14. The number of hydrogen-bond acceptors (Lipinski definition) is 2. The number of amides is 1. The molecule has 0 aliphatic heterocycles. The van der Waals surface area contributed by atoms with Crippen molar-refractivity contribution in [3.8, 4) is 5.75 Å². The third-order valence-electron chi connectivity index (χ3n) is 1.59. The van der Waals surface area contributed by atoms with Gasteiger partial charge in [-0.25, -0.2) is 0 Å². The number of nitrogens with two attached hydrogens (primary N) is 1. The third kappa shape index (κ3) is 2.11. The summed E-state index contributed by atoms with van der Waals surface area (Å²) < 4.78 is 5.19. The van der Waals surface area contributed by atoms with E-state index in [0.29, 0.717) is 11.6 Å². The molecule has 0 atom stereocenters. The summed E-state index contributed by atoms with van der Waals surface area (Å²) in [5.74, 6) is -0.407. The van der Waals surface area contributed by atoms with Gasteiger partial charge in [-0.05, 0) is 19.1 Å². The van der Waals surface area contributed by atoms with Gasteiger partial charge < -0.3 is 10.5 Å². The summed E-state index contributed by atoms with van der Waals surface area (Å²) in [6, 6.07) is 3.06. The van der Waals surface area contributed by atoms with Crippen LogP contribution in [0.5, 0.6) is 5.75 Å². The molecule has 1 aromatic rings. The van der Waals surface area contributed by atoms with Crippen LogP contribution in [0.2, 0.25) is 10.0 Å². The molecule has 1 rings (SSSR count). The summed E-state index contributed by atoms with van der Waals surface area (Å²) in [5.41, 5.74) is 5.28. The number of ether oxygens (including phenoxy) is 1. The Kier molecular flexibility index (Phi) is 3.61. The second-order valence-electron chi connectivity index (χ2n) is 2.53. The van der Waals surface area contributed by atoms with Crippen molar-refractivity contribution in [2.24, 2.45) is 5.73 Å². The molecule has 1 amide bonds. The van der Waals surface area contributed by atoms with Crippen LogP contribution in [0.3, 0.4) is 0 Å². The van der Waals surface area contributed by atoms with Crippen molar-refractivity contribution in [1.29, 1.82) is 0 Å². The predicted octanol–water partition coefficient (Wildman–Crippen LogP) is 2.49. The van der Waals surface area contributed by atoms with Gasteiger partial charge in [-0.1, -0.05) is 23.2 Å². The van der Waals surface area contributed by atoms with E-state index in [1.807, 2.05) is 0 Å². The third-order valence-corrected chi connectivity index (χ3v) is 2.21. The molecule has 5 heteroatoms. The lowest BCUT2D eigenvalue weighted by Gasteiger charge is -2.10. The molecule has 0 radical (unpaired) electrons. The maximum absolute atomic E-state index is 11.1. The first-order chi connectivity index (χ1) is 6.57. The Labute approximate surface area is 91.7 Å². The molecule has 0 saturated heterocycles. The van der Waals surface area contributed by atoms with Crippen LogP contribution in [-0.2, 0) is 0 Å². The van der Waals surface area contributed by atoms with Crippen molar-refractivity contribution in [2.75, 3.05) is 6.61 Å². The molecule has 0 spiro atoms. The highest BCUT2D eigenvalue weighted by atomic mass is 35.5. The number of carbonyl (C=O) groups is 1. The quantitative estimate of drug-likeness (QED) is 0.873. The smallest absolute Gasteiger partial charge is 0.254 e. The highest BCUT2D eigenvalue weighted by Gasteiger charge is 2.16. The standard InChI is InChI=1S/C9H9Cl2NO2/c1-2-14-8-6(11)4-3-5(10)7(8)9(12)13/h3-4H,2H2,1H3,(H2,12,13). The molecule has 0 fully saturated rings. The zero-order valence-electron chi connectivity index (χ0n) is 7.51. The van der Waals surface area contributed by atoms with E-state index in [1.54, 1.807) is 13.0 Å². The Bertz CT molecular complexity index is 366. The van der Waals surface area contributed by atoms with E-state index in [9.17, 15) is 4.79 Å². The van der Waals surface area contributed by atoms with Crippen LogP contribution in [0.25, 0.3) is 0 Å². The molecule has 0 heterocycles. The molecule has 3 nitrogen and oxygen atoms in total. The maximum atomic E-state index is 11.1. The molecule has 1 aromatic carbocycles. The van der Waals surface area contributed by atoms with Gasteiger partial charge in [0.25, 0.3) is 5.91 Å². The monoisotopic (exact) mass is 233 g/mol. The fourth-order valence-corrected chi connectivity index (χ4v) is 1.50. The summed E-state index contributed by atoms with van der Waals surface area (Å²) in [6.45, 7) is 2.17. The summed E-state index contributed by atoms with van der Waals surface area (Å²) >= 11 is 11.6. The fourth-order valence-electron chi connectivity index (χ4n) is 1.05. The lowest BCUT2D eigenvalue weighted by molar-refractivity contribution is 0.0997. The van der Waals surface area contributed by atoms with Crippen LogP contribution in [0.15, 0.2) is 12.1 Å². The Morgan fingerprint density at radius 1 is 1.43 bits per heavy atom. The molecular formula is C9H9Cl2NO2. The van der Waals surface area contributed by atoms with Crippen molar-refractivity contribution in [3.05, 3.63) is 27.7 Å². The first-order valence-electron chi connectivity index (χ1n) is 3.98. The van der Waals surface area contributed by atoms with Gasteiger partial charge in [-0.15, -0.1) is 0 Å². The molecule has 14 heavy (non-hydrogen) atoms. The molecule has 2 N–H and O–H groups in total. The Balaban J connectivity index is 3.33. The number of hydrogen-bond donors (Lipinski definition) is 1. The minimum Gasteiger partial charge on any atom is -0.491 e. The molecule has 0 unspecified atom stereocenters. The molecule has 0 aromatic heterocycles. The van der Waals surface area contributed by atoms with Crippen LogP contribution in [-0.4, -0.2) is 12.5 Å². The summed E-state index contributed by atoms with van der Waals surface area (Å²) in [6.07, 6.45) is 0. The van der Waals surface area contributed by atoms with Gasteiger partial charge in [0, 0.05) is 0 Å². The number of benzene rings is 1. The molecule has 76 valence electrons. The zero-order valence-corrected chi connectivity index (χ0v) is 9.02. The molecule has 0 aliphatic rings. The second-order valence-corrected chi connectivity index (χ2v) is 3.34. The van der Waals surface area contributed by atoms with Crippen LogP contribution in [0.4, 0.5) is 0 Å². The number of halogens is 2. The number of primary amides is 1. The van der Waals surface area contributed by atoms with Gasteiger partial charge in [-0.3, -0.25) is 4.79 Å². The SMILES string of the molecule is CCOc1c(Cl)ccc(Cl)c1C(N)=O. The zero-order chi connectivity index (χ0) is 10.7. The Hall–Kier alpha value is -0.930. The van der Waals surface area contributed by atoms with E-state index < -0.39 is 5.91 Å². The van der Waals surface area contributed by atoms with Crippen molar-refractivity contribution in [1.82, 2.24) is 0 Å². The van der Waals surface area contributed by atoms with Crippen LogP contribution < -0.4 is 10.5 Å². The van der Waals surface area contributed by atoms with Crippen LogP contribution >= 0.6 is 23.2 Å². The first kappa shape index (κ1) is 11.1. The van der Waals surface area contributed by atoms with Crippen molar-refractivity contribution in [2.45, 2.75) is 6.92 Å². The van der Waals surface area contributed by atoms with E-state index >= 15 is 0 Å². The van der Waals surface area contributed by atoms with Crippen LogP contribution in [0, 0.1) is 0 Å². The average Bonchev–Trinajstić information content (AvgIpc) is 2.11. The normalized spacial score (nSPS) is 9.93. The first-order valence-corrected chi connectivity index (χ1v) is 4.74. The molecule has 0 saturated carbocycles. The topological polar surface area (TPSA) is 52.3 Å². The maximum Gasteiger partial charge on any atom is 0.254 e. The van der Waals surface area contributed by atoms with Crippen LogP contribution in [0.1, 0.15) is 17.3 Å². The van der Waals surface area contributed by atoms with Gasteiger partial charge in [0.15, 0.2) is 5.75 Å². The predicted molar refractivity (Wildman–Crippen MR) is 56.1 cm³/mol. The van der Waals surface area contributed by atoms with Gasteiger partial charge in [-0.2, -0.15) is 0 Å². The molecule has 0 bridgehead atoms. The summed E-state index contributed by atoms with van der Waals surface area (Å²) in [4.78, 5) is 11.1. The average molecular weight is 234 g/mol. The van der Waals surface area contributed by atoms with E-state index in [4.69, 9.17) is 33.7 Å². The van der Waals surface area contributed by atoms with Gasteiger partial charge in [0.1, 0.15) is 5.56 Å². The van der Waals surface area contributed by atoms with E-state index in [-0.39, 0.29) is 16.3 Å². The van der Waals surface area contributed by atoms with E-state index in [1.165, 1.54) is 6.07 Å². The lowest BCUT2D eigenvalue weighted by atomic mass is 10.2. The molecular weight excluding hydrogens is 225 g/mol. The van der Waals surface area contributed by atoms with Gasteiger partial charge >= 0.3 is 0 Å².